The number of benzene rings is 2. The number of non-ortho nitro benzene ring substituents is 1. The molecule has 12 heteroatoms. The molecule has 0 saturated carbocycles. The zero-order valence-electron chi connectivity index (χ0n) is 22.8. The maximum atomic E-state index is 13.0. The molecule has 0 bridgehead atoms. The molecule has 2 aromatic heterocycles. The highest BCUT2D eigenvalue weighted by molar-refractivity contribution is 7.99. The summed E-state index contributed by atoms with van der Waals surface area (Å²) in [6, 6.07) is 17.1. The molecule has 11 nitrogen and oxygen atoms in total. The van der Waals surface area contributed by atoms with Crippen LogP contribution in [-0.4, -0.2) is 72.7 Å². The largest absolute Gasteiger partial charge is 0.461 e. The quantitative estimate of drug-likeness (QED) is 0.118. The van der Waals surface area contributed by atoms with Crippen LogP contribution < -0.4 is 0 Å². The Kier molecular flexibility index (Phi) is 8.48. The third-order valence-electron chi connectivity index (χ3n) is 7.06. The van der Waals surface area contributed by atoms with E-state index in [1.54, 1.807) is 27.8 Å². The van der Waals surface area contributed by atoms with Crippen molar-refractivity contribution in [3.8, 4) is 17.3 Å². The van der Waals surface area contributed by atoms with Crippen LogP contribution in [0.2, 0.25) is 0 Å². The van der Waals surface area contributed by atoms with Gasteiger partial charge in [0, 0.05) is 55.5 Å². The van der Waals surface area contributed by atoms with Crippen LogP contribution in [0.1, 0.15) is 35.7 Å². The van der Waals surface area contributed by atoms with Crippen LogP contribution in [0.5, 0.6) is 0 Å². The summed E-state index contributed by atoms with van der Waals surface area (Å²) in [6.07, 6.45) is 2.66. The monoisotopic (exact) mass is 574 g/mol. The molecule has 212 valence electrons. The van der Waals surface area contributed by atoms with Crippen LogP contribution in [0, 0.1) is 17.0 Å². The van der Waals surface area contributed by atoms with Gasteiger partial charge in [0.1, 0.15) is 0 Å². The van der Waals surface area contributed by atoms with Gasteiger partial charge in [0.05, 0.1) is 16.9 Å². The molecule has 0 N–H and O–H groups in total. The summed E-state index contributed by atoms with van der Waals surface area (Å²) in [6.45, 7) is 5.25. The highest BCUT2D eigenvalue weighted by Gasteiger charge is 2.30. The number of nitrogens with zero attached hydrogens (tertiary/aromatic N) is 6. The summed E-state index contributed by atoms with van der Waals surface area (Å²) in [4.78, 5) is 39.9. The number of furan rings is 1. The van der Waals surface area contributed by atoms with Crippen LogP contribution in [0.25, 0.3) is 17.3 Å². The third-order valence-corrected chi connectivity index (χ3v) is 8.08. The minimum atomic E-state index is -0.493. The number of nitro benzene ring substituents is 1. The summed E-state index contributed by atoms with van der Waals surface area (Å²) in [5.41, 5.74) is 2.39. The summed E-state index contributed by atoms with van der Waals surface area (Å²) in [5.74, 6) is 1.79. The molecule has 1 aliphatic rings. The van der Waals surface area contributed by atoms with E-state index < -0.39 is 4.92 Å². The zero-order chi connectivity index (χ0) is 28.9. The number of carbonyl (C=O) groups excluding carboxylic acids is 2. The first-order valence-corrected chi connectivity index (χ1v) is 14.3. The highest BCUT2D eigenvalue weighted by atomic mass is 32.2. The molecule has 1 fully saturated rings. The van der Waals surface area contributed by atoms with E-state index >= 15 is 0 Å². The molecular formula is C29H30N6O5S. The molecule has 2 amide bonds. The van der Waals surface area contributed by atoms with E-state index in [9.17, 15) is 19.7 Å². The van der Waals surface area contributed by atoms with Crippen molar-refractivity contribution in [3.05, 3.63) is 88.2 Å². The number of hydrogen-bond donors (Lipinski definition) is 0. The Bertz CT molecular complexity index is 1540. The normalized spacial score (nSPS) is 15.2. The van der Waals surface area contributed by atoms with Crippen LogP contribution in [0.3, 0.4) is 0 Å². The van der Waals surface area contributed by atoms with Crippen molar-refractivity contribution in [2.24, 2.45) is 0 Å². The summed E-state index contributed by atoms with van der Waals surface area (Å²) in [7, 11) is 0. The molecule has 2 aromatic carbocycles. The van der Waals surface area contributed by atoms with Crippen molar-refractivity contribution in [2.75, 3.05) is 25.4 Å². The molecular weight excluding hydrogens is 544 g/mol. The molecule has 4 aromatic rings. The smallest absolute Gasteiger partial charge is 0.269 e. The summed E-state index contributed by atoms with van der Waals surface area (Å²) >= 11 is 1.54. The number of carbonyl (C=O) groups is 2. The predicted molar refractivity (Wildman–Crippen MR) is 154 cm³/mol. The van der Waals surface area contributed by atoms with Crippen molar-refractivity contribution in [1.29, 1.82) is 0 Å². The Hall–Kier alpha value is -4.45. The number of thioether (sulfide) groups is 1. The number of piperazine rings is 1. The van der Waals surface area contributed by atoms with Gasteiger partial charge < -0.3 is 14.2 Å². The van der Waals surface area contributed by atoms with Gasteiger partial charge in [-0.25, -0.2) is 0 Å². The lowest BCUT2D eigenvalue weighted by molar-refractivity contribution is -0.384. The van der Waals surface area contributed by atoms with Gasteiger partial charge in [0.2, 0.25) is 11.7 Å². The first kappa shape index (κ1) is 28.1. The molecule has 3 heterocycles. The molecule has 1 unspecified atom stereocenters. The number of nitro groups is 1. The van der Waals surface area contributed by atoms with Crippen molar-refractivity contribution < 1.29 is 18.9 Å². The SMILES string of the molecule is Cc1ccccc1-n1c(SCCCC(=O)N2CCN(C(=O)c3ccc([N+](=O)[O-])cc3)C(C)C2)nnc1-c1ccco1. The average molecular weight is 575 g/mol. The van der Waals surface area contributed by atoms with Gasteiger partial charge in [-0.3, -0.25) is 24.3 Å². The summed E-state index contributed by atoms with van der Waals surface area (Å²) < 4.78 is 7.59. The van der Waals surface area contributed by atoms with E-state index in [1.807, 2.05) is 54.8 Å². The van der Waals surface area contributed by atoms with Gasteiger partial charge in [-0.1, -0.05) is 30.0 Å². The zero-order valence-corrected chi connectivity index (χ0v) is 23.6. The summed E-state index contributed by atoms with van der Waals surface area (Å²) in [5, 5.41) is 20.4. The van der Waals surface area contributed by atoms with Gasteiger partial charge in [-0.2, -0.15) is 0 Å². The van der Waals surface area contributed by atoms with E-state index in [4.69, 9.17) is 4.42 Å². The van der Waals surface area contributed by atoms with E-state index in [0.717, 1.165) is 16.4 Å². The van der Waals surface area contributed by atoms with Gasteiger partial charge >= 0.3 is 0 Å². The number of aromatic nitrogens is 3. The van der Waals surface area contributed by atoms with Gasteiger partial charge in [-0.15, -0.1) is 10.2 Å². The maximum absolute atomic E-state index is 13.0. The first-order chi connectivity index (χ1) is 19.8. The van der Waals surface area contributed by atoms with Crippen LogP contribution in [0.4, 0.5) is 5.69 Å². The second-order valence-electron chi connectivity index (χ2n) is 9.85. The average Bonchev–Trinajstić information content (AvgIpc) is 3.65. The van der Waals surface area contributed by atoms with Crippen molar-refractivity contribution in [1.82, 2.24) is 24.6 Å². The minimum Gasteiger partial charge on any atom is -0.461 e. The number of amides is 2. The fourth-order valence-electron chi connectivity index (χ4n) is 4.88. The Morgan fingerprint density at radius 1 is 1.07 bits per heavy atom. The minimum absolute atomic E-state index is 0.0523. The number of para-hydroxylation sites is 1. The van der Waals surface area contributed by atoms with Crippen molar-refractivity contribution in [2.45, 2.75) is 37.9 Å². The highest BCUT2D eigenvalue weighted by Crippen LogP contribution is 2.30. The van der Waals surface area contributed by atoms with E-state index in [-0.39, 0.29) is 23.5 Å². The molecule has 1 aliphatic heterocycles. The second kappa shape index (κ2) is 12.4. The van der Waals surface area contributed by atoms with E-state index in [1.165, 1.54) is 24.3 Å². The van der Waals surface area contributed by atoms with Gasteiger partial charge in [0.15, 0.2) is 10.9 Å². The third kappa shape index (κ3) is 6.17. The Morgan fingerprint density at radius 2 is 1.85 bits per heavy atom. The number of hydrogen-bond acceptors (Lipinski definition) is 8. The van der Waals surface area contributed by atoms with E-state index in [2.05, 4.69) is 10.2 Å². The molecule has 41 heavy (non-hydrogen) atoms. The van der Waals surface area contributed by atoms with Crippen molar-refractivity contribution in [3.63, 3.8) is 0 Å². The topological polar surface area (TPSA) is 128 Å². The standard InChI is InChI=1S/C29H30N6O5S/c1-20-7-3-4-8-24(20)34-27(25-9-5-17-40-25)30-31-29(34)41-18-6-10-26(36)32-15-16-33(21(2)19-32)28(37)22-11-13-23(14-12-22)35(38)39/h3-5,7-9,11-14,17,21H,6,10,15-16,18-19H2,1-2H3. The Balaban J connectivity index is 1.15. The fraction of sp³-hybridized carbons (Fsp3) is 0.310. The molecule has 1 atom stereocenters. The van der Waals surface area contributed by atoms with Crippen LogP contribution in [-0.2, 0) is 4.79 Å². The molecule has 0 aliphatic carbocycles. The number of rotatable bonds is 9. The predicted octanol–water partition coefficient (Wildman–Crippen LogP) is 4.99. The Morgan fingerprint density at radius 3 is 2.54 bits per heavy atom. The molecule has 1 saturated heterocycles. The number of aryl methyl sites for hydroxylation is 1. The molecule has 0 spiro atoms. The molecule has 5 rings (SSSR count). The second-order valence-corrected chi connectivity index (χ2v) is 10.9. The van der Waals surface area contributed by atoms with Gasteiger partial charge in [0.25, 0.3) is 11.6 Å². The maximum Gasteiger partial charge on any atom is 0.269 e. The van der Waals surface area contributed by atoms with Crippen LogP contribution in [0.15, 0.2) is 76.5 Å². The lowest BCUT2D eigenvalue weighted by atomic mass is 10.1. The lowest BCUT2D eigenvalue weighted by Gasteiger charge is -2.40. The van der Waals surface area contributed by atoms with Gasteiger partial charge in [-0.05, 0) is 56.2 Å². The fourth-order valence-corrected chi connectivity index (χ4v) is 5.77. The first-order valence-electron chi connectivity index (χ1n) is 13.3. The van der Waals surface area contributed by atoms with Crippen molar-refractivity contribution >= 4 is 29.3 Å². The molecule has 0 radical (unpaired) electrons. The lowest BCUT2D eigenvalue weighted by Crippen LogP contribution is -2.55. The Labute approximate surface area is 241 Å². The van der Waals surface area contributed by atoms with E-state index in [0.29, 0.717) is 55.4 Å². The van der Waals surface area contributed by atoms with Crippen LogP contribution >= 0.6 is 11.8 Å².